The predicted octanol–water partition coefficient (Wildman–Crippen LogP) is 4.48. The molecule has 2 saturated heterocycles. The van der Waals surface area contributed by atoms with E-state index in [-0.39, 0.29) is 49.8 Å². The molecule has 0 N–H and O–H groups in total. The van der Waals surface area contributed by atoms with Gasteiger partial charge in [-0.1, -0.05) is 0 Å². The molecule has 0 unspecified atom stereocenters. The van der Waals surface area contributed by atoms with Crippen LogP contribution in [0.4, 0.5) is 20.2 Å². The normalized spacial score (nSPS) is 24.0. The van der Waals surface area contributed by atoms with Gasteiger partial charge in [-0.3, -0.25) is 19.6 Å². The lowest BCUT2D eigenvalue weighted by Gasteiger charge is -2.20. The number of hydrogen-bond donors (Lipinski definition) is 0. The van der Waals surface area contributed by atoms with E-state index < -0.39 is 12.3 Å². The summed E-state index contributed by atoms with van der Waals surface area (Å²) in [5.74, 6) is 1.17. The first-order valence-corrected chi connectivity index (χ1v) is 14.0. The zero-order chi connectivity index (χ0) is 29.4. The fourth-order valence-electron chi connectivity index (χ4n) is 5.78. The van der Waals surface area contributed by atoms with Gasteiger partial charge in [-0.2, -0.15) is 0 Å². The Kier molecular flexibility index (Phi) is 7.70. The molecule has 4 atom stereocenters. The summed E-state index contributed by atoms with van der Waals surface area (Å²) in [7, 11) is 2.99. The molecule has 0 bridgehead atoms. The van der Waals surface area contributed by atoms with Crippen LogP contribution in [0.3, 0.4) is 0 Å². The number of benzene rings is 2. The molecule has 2 aromatic rings. The van der Waals surface area contributed by atoms with Crippen LogP contribution < -0.4 is 18.9 Å². The van der Waals surface area contributed by atoms with Crippen molar-refractivity contribution >= 4 is 35.6 Å². The average molecular weight is 583 g/mol. The number of methoxy groups -OCH3 is 2. The third-order valence-electron chi connectivity index (χ3n) is 7.96. The molecule has 6 rings (SSSR count). The van der Waals surface area contributed by atoms with Gasteiger partial charge in [0.05, 0.1) is 75.1 Å². The number of unbranched alkanes of at least 4 members (excludes halogenated alkanes) is 1. The van der Waals surface area contributed by atoms with Crippen LogP contribution in [-0.2, 0) is 0 Å². The monoisotopic (exact) mass is 582 g/mol. The largest absolute Gasteiger partial charge is 0.493 e. The molecule has 12 heteroatoms. The summed E-state index contributed by atoms with van der Waals surface area (Å²) in [6.45, 7) is 0.836. The van der Waals surface area contributed by atoms with Crippen LogP contribution >= 0.6 is 0 Å². The smallest absolute Gasteiger partial charge is 0.256 e. The maximum absolute atomic E-state index is 13.9. The zero-order valence-corrected chi connectivity index (χ0v) is 23.4. The number of carbonyl (C=O) groups excluding carboxylic acids is 2. The number of carbonyl (C=O) groups is 2. The molecule has 10 nitrogen and oxygen atoms in total. The van der Waals surface area contributed by atoms with E-state index in [1.807, 2.05) is 0 Å². The molecule has 0 spiro atoms. The molecule has 222 valence electrons. The fraction of sp³-hybridized carbons (Fsp3) is 0.467. The molecule has 0 radical (unpaired) electrons. The van der Waals surface area contributed by atoms with Crippen molar-refractivity contribution in [3.63, 3.8) is 0 Å². The highest BCUT2D eigenvalue weighted by Crippen LogP contribution is 2.40. The molecule has 0 saturated carbocycles. The van der Waals surface area contributed by atoms with Gasteiger partial charge in [0.25, 0.3) is 11.8 Å². The highest BCUT2D eigenvalue weighted by atomic mass is 19.1. The van der Waals surface area contributed by atoms with Crippen LogP contribution in [0.15, 0.2) is 34.3 Å². The Bertz CT molecular complexity index is 1340. The highest BCUT2D eigenvalue weighted by molar-refractivity contribution is 6.04. The molecule has 2 amide bonds. The number of alkyl halides is 2. The quantitative estimate of drug-likeness (QED) is 0.404. The van der Waals surface area contributed by atoms with Crippen molar-refractivity contribution in [2.45, 2.75) is 50.1 Å². The number of ether oxygens (including phenoxy) is 4. The van der Waals surface area contributed by atoms with Crippen molar-refractivity contribution in [3.8, 4) is 23.0 Å². The van der Waals surface area contributed by atoms with E-state index in [0.717, 1.165) is 0 Å². The zero-order valence-electron chi connectivity index (χ0n) is 23.4. The van der Waals surface area contributed by atoms with Crippen molar-refractivity contribution in [2.24, 2.45) is 9.98 Å². The third kappa shape index (κ3) is 5.25. The maximum Gasteiger partial charge on any atom is 0.256 e. The number of halogens is 2. The SMILES string of the molecule is COc1cc2c(cc1OCCCCOc1cc3c(cc1OC)C(=O)N1C[C@H](F)C[C@H]1C=N3)N=C[C@@H]1C[C@@H](F)CN1C2=O. The van der Waals surface area contributed by atoms with Gasteiger partial charge in [0.15, 0.2) is 23.0 Å². The van der Waals surface area contributed by atoms with Gasteiger partial charge in [-0.25, -0.2) is 8.78 Å². The molecule has 4 heterocycles. The number of nitrogens with zero attached hydrogens (tertiary/aromatic N) is 4. The van der Waals surface area contributed by atoms with Gasteiger partial charge in [0, 0.05) is 37.4 Å². The lowest BCUT2D eigenvalue weighted by Crippen LogP contribution is -2.35. The van der Waals surface area contributed by atoms with Crippen LogP contribution in [0, 0.1) is 0 Å². The predicted molar refractivity (Wildman–Crippen MR) is 151 cm³/mol. The number of aliphatic imine (C=N–C) groups is 2. The first-order chi connectivity index (χ1) is 20.4. The molecule has 4 aliphatic rings. The minimum absolute atomic E-state index is 0.0557. The van der Waals surface area contributed by atoms with Gasteiger partial charge in [-0.15, -0.1) is 0 Å². The first-order valence-electron chi connectivity index (χ1n) is 14.0. The Hall–Kier alpha value is -4.22. The third-order valence-corrected chi connectivity index (χ3v) is 7.96. The first kappa shape index (κ1) is 27.9. The lowest BCUT2D eigenvalue weighted by atomic mass is 10.1. The minimum Gasteiger partial charge on any atom is -0.493 e. The van der Waals surface area contributed by atoms with Crippen LogP contribution in [0.1, 0.15) is 46.4 Å². The molecular weight excluding hydrogens is 550 g/mol. The Balaban J connectivity index is 1.06. The summed E-state index contributed by atoms with van der Waals surface area (Å²) >= 11 is 0. The van der Waals surface area contributed by atoms with Crippen LogP contribution in [0.5, 0.6) is 23.0 Å². The molecule has 0 aromatic heterocycles. The van der Waals surface area contributed by atoms with E-state index in [4.69, 9.17) is 18.9 Å². The molecule has 2 fully saturated rings. The Morgan fingerprint density at radius 2 is 1.14 bits per heavy atom. The second-order valence-corrected chi connectivity index (χ2v) is 10.7. The summed E-state index contributed by atoms with van der Waals surface area (Å²) in [5, 5.41) is 0. The summed E-state index contributed by atoms with van der Waals surface area (Å²) in [6.07, 6.45) is 2.93. The van der Waals surface area contributed by atoms with E-state index >= 15 is 0 Å². The van der Waals surface area contributed by atoms with E-state index in [2.05, 4.69) is 9.98 Å². The maximum atomic E-state index is 13.9. The van der Waals surface area contributed by atoms with Crippen molar-refractivity contribution in [3.05, 3.63) is 35.4 Å². The van der Waals surface area contributed by atoms with Crippen molar-refractivity contribution in [2.75, 3.05) is 40.5 Å². The highest BCUT2D eigenvalue weighted by Gasteiger charge is 2.39. The van der Waals surface area contributed by atoms with E-state index in [0.29, 0.717) is 71.6 Å². The van der Waals surface area contributed by atoms with E-state index in [1.165, 1.54) is 24.0 Å². The standard InChI is InChI=1S/C30H32F2N4O6/c1-39-25-9-21-23(33-13-19-7-17(31)15-35(19)29(21)37)11-27(25)41-5-3-4-6-42-28-12-24-22(10-26(28)40-2)30(38)36-16-18(32)8-20(36)14-34-24/h9-14,17-20H,3-8,15-16H2,1-2H3/t17-,18-,19+,20+/m1/s1. The molecule has 4 aliphatic heterocycles. The second-order valence-electron chi connectivity index (χ2n) is 10.7. The number of rotatable bonds is 9. The average Bonchev–Trinajstić information content (AvgIpc) is 3.50. The van der Waals surface area contributed by atoms with Crippen molar-refractivity contribution in [1.82, 2.24) is 9.80 Å². The van der Waals surface area contributed by atoms with Crippen LogP contribution in [0.25, 0.3) is 0 Å². The summed E-state index contributed by atoms with van der Waals surface area (Å²) in [4.78, 5) is 38.0. The number of hydrogen-bond acceptors (Lipinski definition) is 8. The summed E-state index contributed by atoms with van der Waals surface area (Å²) < 4.78 is 50.6. The summed E-state index contributed by atoms with van der Waals surface area (Å²) in [5.41, 5.74) is 1.64. The molecule has 42 heavy (non-hydrogen) atoms. The topological polar surface area (TPSA) is 102 Å². The summed E-state index contributed by atoms with van der Waals surface area (Å²) in [6, 6.07) is 5.83. The fourth-order valence-corrected chi connectivity index (χ4v) is 5.78. The van der Waals surface area contributed by atoms with E-state index in [9.17, 15) is 18.4 Å². The van der Waals surface area contributed by atoms with Crippen LogP contribution in [-0.4, -0.2) is 99.0 Å². The number of fused-ring (bicyclic) bond motifs is 4. The molecular formula is C30H32F2N4O6. The van der Waals surface area contributed by atoms with Gasteiger partial charge in [-0.05, 0) is 25.0 Å². The molecule has 0 aliphatic carbocycles. The second kappa shape index (κ2) is 11.6. The Morgan fingerprint density at radius 1 is 0.714 bits per heavy atom. The van der Waals surface area contributed by atoms with E-state index in [1.54, 1.807) is 36.7 Å². The van der Waals surface area contributed by atoms with Crippen molar-refractivity contribution < 1.29 is 37.3 Å². The Labute approximate surface area is 241 Å². The molecule has 2 aromatic carbocycles. The number of amides is 2. The van der Waals surface area contributed by atoms with Gasteiger partial charge in [0.2, 0.25) is 0 Å². The van der Waals surface area contributed by atoms with Crippen LogP contribution in [0.2, 0.25) is 0 Å². The van der Waals surface area contributed by atoms with Gasteiger partial charge >= 0.3 is 0 Å². The minimum atomic E-state index is -1.05. The lowest BCUT2D eigenvalue weighted by molar-refractivity contribution is 0.0758. The van der Waals surface area contributed by atoms with Gasteiger partial charge in [0.1, 0.15) is 12.3 Å². The Morgan fingerprint density at radius 3 is 1.55 bits per heavy atom. The van der Waals surface area contributed by atoms with Crippen molar-refractivity contribution in [1.29, 1.82) is 0 Å². The van der Waals surface area contributed by atoms with Gasteiger partial charge < -0.3 is 28.7 Å².